The molecule has 0 unspecified atom stereocenters. The number of hydrogen-bond acceptors (Lipinski definition) is 3. The first kappa shape index (κ1) is 33.0. The van der Waals surface area contributed by atoms with Gasteiger partial charge in [0.2, 0.25) is 0 Å². The monoisotopic (exact) mass is 618 g/mol. The van der Waals surface area contributed by atoms with E-state index in [0.29, 0.717) is 17.9 Å². The topological polar surface area (TPSA) is 35.5 Å². The van der Waals surface area contributed by atoms with E-state index in [1.807, 2.05) is 67.6 Å². The zero-order valence-electron chi connectivity index (χ0n) is 27.7. The molecule has 0 heterocycles. The number of carbonyl (C=O) groups excluding carboxylic acids is 1. The summed E-state index contributed by atoms with van der Waals surface area (Å²) in [5, 5.41) is 0. The van der Waals surface area contributed by atoms with Crippen LogP contribution in [0.3, 0.4) is 0 Å². The molecule has 0 radical (unpaired) electrons. The number of esters is 1. The molecule has 47 heavy (non-hydrogen) atoms. The van der Waals surface area contributed by atoms with Crippen molar-refractivity contribution in [3.05, 3.63) is 190 Å². The third-order valence-electron chi connectivity index (χ3n) is 8.01. The average molecular weight is 619 g/mol. The van der Waals surface area contributed by atoms with Crippen LogP contribution in [0, 0.1) is 27.7 Å². The summed E-state index contributed by atoms with van der Waals surface area (Å²) in [5.74, 6) is 1.15. The third-order valence-corrected chi connectivity index (χ3v) is 8.01. The first-order chi connectivity index (χ1) is 22.8. The van der Waals surface area contributed by atoms with Crippen LogP contribution in [0.2, 0.25) is 0 Å². The second kappa shape index (κ2) is 16.2. The Balaban J connectivity index is 0.000000186. The molecular weight excluding hydrogens is 576 g/mol. The van der Waals surface area contributed by atoms with E-state index in [-0.39, 0.29) is 5.97 Å². The minimum Gasteiger partial charge on any atom is -0.489 e. The fourth-order valence-corrected chi connectivity index (χ4v) is 4.96. The maximum atomic E-state index is 12.2. The lowest BCUT2D eigenvalue weighted by atomic mass is 10.0. The van der Waals surface area contributed by atoms with Gasteiger partial charge in [-0.2, -0.15) is 0 Å². The molecule has 0 bridgehead atoms. The predicted molar refractivity (Wildman–Crippen MR) is 193 cm³/mol. The lowest BCUT2D eigenvalue weighted by Crippen LogP contribution is -2.08. The Hall–Kier alpha value is -5.41. The van der Waals surface area contributed by atoms with E-state index in [1.54, 1.807) is 0 Å². The molecule has 6 aromatic rings. The molecule has 6 rings (SSSR count). The van der Waals surface area contributed by atoms with E-state index in [4.69, 9.17) is 9.47 Å². The highest BCUT2D eigenvalue weighted by Gasteiger charge is 2.08. The molecule has 0 atom stereocenters. The Morgan fingerprint density at radius 2 is 0.787 bits per heavy atom. The Morgan fingerprint density at radius 1 is 0.426 bits per heavy atom. The highest BCUT2D eigenvalue weighted by molar-refractivity contribution is 5.91. The Morgan fingerprint density at radius 3 is 1.28 bits per heavy atom. The smallest absolute Gasteiger partial charge is 0.343 e. The van der Waals surface area contributed by atoms with Gasteiger partial charge in [0.1, 0.15) is 18.1 Å². The molecule has 3 heteroatoms. The maximum absolute atomic E-state index is 12.2. The van der Waals surface area contributed by atoms with E-state index in [1.165, 1.54) is 44.5 Å². The Bertz CT molecular complexity index is 1830. The van der Waals surface area contributed by atoms with E-state index in [9.17, 15) is 4.79 Å². The van der Waals surface area contributed by atoms with E-state index in [2.05, 4.69) is 106 Å². The number of aryl methyl sites for hydroxylation is 6. The maximum Gasteiger partial charge on any atom is 0.343 e. The van der Waals surface area contributed by atoms with Crippen LogP contribution in [-0.4, -0.2) is 5.97 Å². The summed E-state index contributed by atoms with van der Waals surface area (Å²) in [5.41, 5.74) is 11.7. The molecule has 0 fully saturated rings. The minimum absolute atomic E-state index is 0.325. The molecule has 3 nitrogen and oxygen atoms in total. The van der Waals surface area contributed by atoms with Crippen LogP contribution in [0.4, 0.5) is 0 Å². The van der Waals surface area contributed by atoms with E-state index < -0.39 is 0 Å². The summed E-state index contributed by atoms with van der Waals surface area (Å²) in [7, 11) is 0. The van der Waals surface area contributed by atoms with Crippen LogP contribution in [0.1, 0.15) is 49.3 Å². The highest BCUT2D eigenvalue weighted by Crippen LogP contribution is 2.21. The highest BCUT2D eigenvalue weighted by atomic mass is 16.5. The van der Waals surface area contributed by atoms with Crippen molar-refractivity contribution in [1.82, 2.24) is 0 Å². The zero-order valence-corrected chi connectivity index (χ0v) is 27.7. The molecule has 6 aromatic carbocycles. The third kappa shape index (κ3) is 10.3. The van der Waals surface area contributed by atoms with Gasteiger partial charge in [0, 0.05) is 0 Å². The molecule has 0 aliphatic carbocycles. The normalized spacial score (nSPS) is 10.5. The van der Waals surface area contributed by atoms with Gasteiger partial charge in [-0.3, -0.25) is 0 Å². The van der Waals surface area contributed by atoms with Crippen LogP contribution < -0.4 is 9.47 Å². The lowest BCUT2D eigenvalue weighted by molar-refractivity contribution is 0.0734. The molecule has 0 aliphatic heterocycles. The SMILES string of the molecule is Cc1ccc(CCc2ccc(C(=O)Oc3ccc(C)cc3)cc2)cc1.Cc1ccc(OCc2ccc(-c3ccc(C)cc3)cc2)cc1. The number of hydrogen-bond donors (Lipinski definition) is 0. The second-order valence-electron chi connectivity index (χ2n) is 12.0. The lowest BCUT2D eigenvalue weighted by Gasteiger charge is -2.08. The Kier molecular flexibility index (Phi) is 11.4. The van der Waals surface area contributed by atoms with Gasteiger partial charge < -0.3 is 9.47 Å². The summed E-state index contributed by atoms with van der Waals surface area (Å²) >= 11 is 0. The van der Waals surface area contributed by atoms with Crippen molar-refractivity contribution in [2.45, 2.75) is 47.1 Å². The van der Waals surface area contributed by atoms with Crippen LogP contribution in [0.15, 0.2) is 146 Å². The summed E-state index contributed by atoms with van der Waals surface area (Å²) in [4.78, 5) is 12.2. The van der Waals surface area contributed by atoms with Crippen molar-refractivity contribution >= 4 is 5.97 Å². The van der Waals surface area contributed by atoms with Gasteiger partial charge in [-0.05, 0) is 105 Å². The molecule has 0 spiro atoms. The van der Waals surface area contributed by atoms with Crippen molar-refractivity contribution in [2.75, 3.05) is 0 Å². The van der Waals surface area contributed by atoms with Crippen molar-refractivity contribution in [3.63, 3.8) is 0 Å². The van der Waals surface area contributed by atoms with Gasteiger partial charge in [0.05, 0.1) is 5.56 Å². The van der Waals surface area contributed by atoms with Gasteiger partial charge in [0.15, 0.2) is 0 Å². The second-order valence-corrected chi connectivity index (χ2v) is 12.0. The summed E-state index contributed by atoms with van der Waals surface area (Å²) in [6.07, 6.45) is 1.95. The number of ether oxygens (including phenoxy) is 2. The molecule has 0 saturated heterocycles. The largest absolute Gasteiger partial charge is 0.489 e. The summed E-state index contributed by atoms with van der Waals surface area (Å²) in [6, 6.07) is 49.1. The summed E-state index contributed by atoms with van der Waals surface area (Å²) < 4.78 is 11.2. The van der Waals surface area contributed by atoms with Gasteiger partial charge >= 0.3 is 5.97 Å². The standard InChI is InChI=1S/C23H22O2.C21H20O/c1-17-3-7-19(8-4-17)9-10-20-11-13-21(14-12-20)23(24)25-22-15-5-18(2)6-16-22;1-16-3-9-19(10-4-16)20-11-7-18(8-12-20)15-22-21-13-5-17(2)6-14-21/h3-8,11-16H,9-10H2,1-2H3;3-14H,15H2,1-2H3. The number of benzene rings is 6. The van der Waals surface area contributed by atoms with Crippen molar-refractivity contribution in [2.24, 2.45) is 0 Å². The molecule has 0 aromatic heterocycles. The number of carbonyl (C=O) groups is 1. The average Bonchev–Trinajstić information content (AvgIpc) is 3.10. The van der Waals surface area contributed by atoms with Crippen molar-refractivity contribution in [1.29, 1.82) is 0 Å². The van der Waals surface area contributed by atoms with Crippen LogP contribution in [0.5, 0.6) is 11.5 Å². The van der Waals surface area contributed by atoms with Crippen molar-refractivity contribution in [3.8, 4) is 22.6 Å². The molecule has 236 valence electrons. The van der Waals surface area contributed by atoms with Gasteiger partial charge in [-0.1, -0.05) is 131 Å². The van der Waals surface area contributed by atoms with E-state index in [0.717, 1.165) is 24.2 Å². The van der Waals surface area contributed by atoms with Crippen molar-refractivity contribution < 1.29 is 14.3 Å². The Labute approximate surface area is 279 Å². The molecule has 0 saturated carbocycles. The van der Waals surface area contributed by atoms with Gasteiger partial charge in [-0.25, -0.2) is 4.79 Å². The fourth-order valence-electron chi connectivity index (χ4n) is 4.96. The van der Waals surface area contributed by atoms with Crippen LogP contribution >= 0.6 is 0 Å². The molecule has 0 N–H and O–H groups in total. The molecule has 0 aliphatic rings. The minimum atomic E-state index is -0.325. The molecule has 0 amide bonds. The summed E-state index contributed by atoms with van der Waals surface area (Å²) in [6.45, 7) is 8.87. The quantitative estimate of drug-likeness (QED) is 0.119. The first-order valence-electron chi connectivity index (χ1n) is 16.1. The van der Waals surface area contributed by atoms with Crippen LogP contribution in [0.25, 0.3) is 11.1 Å². The first-order valence-corrected chi connectivity index (χ1v) is 16.1. The van der Waals surface area contributed by atoms with Gasteiger partial charge in [-0.15, -0.1) is 0 Å². The zero-order chi connectivity index (χ0) is 33.0. The predicted octanol–water partition coefficient (Wildman–Crippen LogP) is 10.9. The fraction of sp³-hybridized carbons (Fsp3) is 0.159. The molecular formula is C44H42O3. The van der Waals surface area contributed by atoms with Crippen LogP contribution in [-0.2, 0) is 19.4 Å². The number of rotatable bonds is 9. The van der Waals surface area contributed by atoms with Gasteiger partial charge in [0.25, 0.3) is 0 Å². The van der Waals surface area contributed by atoms with E-state index >= 15 is 0 Å².